The van der Waals surface area contributed by atoms with Crippen molar-refractivity contribution >= 4 is 12.6 Å². The lowest BCUT2D eigenvalue weighted by Gasteiger charge is -2.17. The first-order valence-corrected chi connectivity index (χ1v) is 3.71. The monoisotopic (exact) mass is 174 g/mol. The van der Waals surface area contributed by atoms with Gasteiger partial charge < -0.3 is 14.7 Å². The summed E-state index contributed by atoms with van der Waals surface area (Å²) >= 11 is 0. The van der Waals surface area contributed by atoms with Crippen molar-refractivity contribution in [2.75, 3.05) is 0 Å². The number of hydrogen-bond donors (Lipinski definition) is 3. The zero-order valence-electron chi connectivity index (χ0n) is 7.15. The van der Waals surface area contributed by atoms with Crippen molar-refractivity contribution < 1.29 is 14.7 Å². The van der Waals surface area contributed by atoms with Crippen LogP contribution >= 0.6 is 0 Å². The van der Waals surface area contributed by atoms with Gasteiger partial charge in [-0.15, -0.1) is 0 Å². The van der Waals surface area contributed by atoms with Crippen LogP contribution < -0.4 is 10.9 Å². The first-order valence-electron chi connectivity index (χ1n) is 3.71. The second-order valence-corrected chi connectivity index (χ2v) is 2.62. The highest BCUT2D eigenvalue weighted by Crippen LogP contribution is 1.86. The average molecular weight is 174 g/mol. The summed E-state index contributed by atoms with van der Waals surface area (Å²) in [6.07, 6.45) is 0.486. The maximum Gasteiger partial charge on any atom is 0.140 e. The molecule has 0 aromatic rings. The van der Waals surface area contributed by atoms with Crippen LogP contribution in [0.1, 0.15) is 13.8 Å². The molecule has 0 unspecified atom stereocenters. The Morgan fingerprint density at radius 2 is 1.75 bits per heavy atom. The van der Waals surface area contributed by atoms with E-state index in [1.54, 1.807) is 6.92 Å². The summed E-state index contributed by atoms with van der Waals surface area (Å²) in [6, 6.07) is -1.07. The Morgan fingerprint density at radius 3 is 2.08 bits per heavy atom. The number of aliphatic hydroxyl groups is 1. The molecular formula is C7H14N2O3. The number of nitrogens with one attached hydrogen (secondary N) is 2. The minimum Gasteiger partial charge on any atom is -0.391 e. The lowest BCUT2D eigenvalue weighted by molar-refractivity contribution is -0.113. The molecule has 0 heterocycles. The Bertz CT molecular complexity index is 150. The number of hydrazine groups is 1. The van der Waals surface area contributed by atoms with Gasteiger partial charge >= 0.3 is 0 Å². The van der Waals surface area contributed by atoms with Crippen LogP contribution in [0.2, 0.25) is 0 Å². The maximum atomic E-state index is 10.3. The molecule has 0 amide bonds. The zero-order chi connectivity index (χ0) is 9.56. The quantitative estimate of drug-likeness (QED) is 0.341. The molecular weight excluding hydrogens is 160 g/mol. The highest BCUT2D eigenvalue weighted by Gasteiger charge is 2.13. The lowest BCUT2D eigenvalue weighted by Crippen LogP contribution is -2.51. The van der Waals surface area contributed by atoms with Crippen LogP contribution in [-0.2, 0) is 9.59 Å². The molecule has 0 aliphatic carbocycles. The number of hydrogen-bond acceptors (Lipinski definition) is 5. The molecule has 0 saturated carbocycles. The van der Waals surface area contributed by atoms with Crippen molar-refractivity contribution in [2.45, 2.75) is 32.0 Å². The smallest absolute Gasteiger partial charge is 0.140 e. The number of aldehydes is 2. The molecule has 0 bridgehead atoms. The van der Waals surface area contributed by atoms with Crippen LogP contribution in [0.5, 0.6) is 0 Å². The molecule has 0 rings (SSSR count). The molecule has 0 aromatic carbocycles. The van der Waals surface area contributed by atoms with Gasteiger partial charge in [0.25, 0.3) is 0 Å². The van der Waals surface area contributed by atoms with Crippen molar-refractivity contribution in [3.05, 3.63) is 0 Å². The van der Waals surface area contributed by atoms with Gasteiger partial charge in [0.15, 0.2) is 0 Å². The standard InChI is InChI=1S/C7H14N2O3/c1-5(3-10)8-9-7(4-11)6(2)12/h3-9,12H,1-2H3/t5-,6+,7+/m0/s1. The Hall–Kier alpha value is -0.780. The molecule has 5 heteroatoms. The van der Waals surface area contributed by atoms with E-state index in [4.69, 9.17) is 5.11 Å². The van der Waals surface area contributed by atoms with Crippen molar-refractivity contribution in [1.82, 2.24) is 10.9 Å². The van der Waals surface area contributed by atoms with Crippen LogP contribution in [0.25, 0.3) is 0 Å². The van der Waals surface area contributed by atoms with Crippen LogP contribution in [0.15, 0.2) is 0 Å². The molecule has 3 atom stereocenters. The first-order chi connectivity index (χ1) is 5.61. The van der Waals surface area contributed by atoms with Gasteiger partial charge in [0.1, 0.15) is 18.6 Å². The van der Waals surface area contributed by atoms with Crippen molar-refractivity contribution in [3.8, 4) is 0 Å². The second kappa shape index (κ2) is 5.82. The molecule has 0 aliphatic rings. The van der Waals surface area contributed by atoms with E-state index in [-0.39, 0.29) is 6.04 Å². The van der Waals surface area contributed by atoms with E-state index in [0.29, 0.717) is 12.6 Å². The van der Waals surface area contributed by atoms with E-state index in [0.717, 1.165) is 0 Å². The number of carbonyl (C=O) groups is 2. The molecule has 0 aliphatic heterocycles. The number of rotatable bonds is 6. The van der Waals surface area contributed by atoms with Gasteiger partial charge in [0, 0.05) is 0 Å². The summed E-state index contributed by atoms with van der Waals surface area (Å²) in [6.45, 7) is 3.11. The van der Waals surface area contributed by atoms with Crippen molar-refractivity contribution in [1.29, 1.82) is 0 Å². The molecule has 12 heavy (non-hydrogen) atoms. The SMILES string of the molecule is C[C@@H](C=O)NN[C@H](C=O)[C@@H](C)O. The fourth-order valence-electron chi connectivity index (χ4n) is 0.530. The molecule has 0 saturated heterocycles. The summed E-state index contributed by atoms with van der Waals surface area (Å²) in [5.74, 6) is 0. The van der Waals surface area contributed by atoms with Gasteiger partial charge in [-0.3, -0.25) is 0 Å². The average Bonchev–Trinajstić information content (AvgIpc) is 2.04. The van der Waals surface area contributed by atoms with E-state index < -0.39 is 12.1 Å². The third-order valence-corrected chi connectivity index (χ3v) is 1.35. The summed E-state index contributed by atoms with van der Waals surface area (Å²) in [5.41, 5.74) is 5.08. The zero-order valence-corrected chi connectivity index (χ0v) is 7.15. The summed E-state index contributed by atoms with van der Waals surface area (Å²) in [5, 5.41) is 8.98. The van der Waals surface area contributed by atoms with E-state index >= 15 is 0 Å². The largest absolute Gasteiger partial charge is 0.391 e. The Morgan fingerprint density at radius 1 is 1.17 bits per heavy atom. The predicted molar refractivity (Wildman–Crippen MR) is 43.3 cm³/mol. The molecule has 0 spiro atoms. The third-order valence-electron chi connectivity index (χ3n) is 1.35. The first kappa shape index (κ1) is 11.2. The Labute approximate surface area is 71.1 Å². The highest BCUT2D eigenvalue weighted by atomic mass is 16.3. The minimum atomic E-state index is -0.783. The van der Waals surface area contributed by atoms with E-state index in [1.807, 2.05) is 0 Å². The summed E-state index contributed by atoms with van der Waals surface area (Å²) in [7, 11) is 0. The summed E-state index contributed by atoms with van der Waals surface area (Å²) < 4.78 is 0. The van der Waals surface area contributed by atoms with E-state index in [2.05, 4.69) is 10.9 Å². The number of carbonyl (C=O) groups excluding carboxylic acids is 2. The predicted octanol–water partition coefficient (Wildman–Crippen LogP) is -1.38. The van der Waals surface area contributed by atoms with Gasteiger partial charge in [0.2, 0.25) is 0 Å². The van der Waals surface area contributed by atoms with Gasteiger partial charge in [-0.2, -0.15) is 0 Å². The van der Waals surface area contributed by atoms with Gasteiger partial charge in [0.05, 0.1) is 12.1 Å². The maximum absolute atomic E-state index is 10.3. The minimum absolute atomic E-state index is 0.383. The molecule has 0 radical (unpaired) electrons. The summed E-state index contributed by atoms with van der Waals surface area (Å²) in [4.78, 5) is 20.4. The van der Waals surface area contributed by atoms with Crippen molar-refractivity contribution in [2.24, 2.45) is 0 Å². The van der Waals surface area contributed by atoms with E-state index in [1.165, 1.54) is 6.92 Å². The van der Waals surface area contributed by atoms with E-state index in [9.17, 15) is 9.59 Å². The Kier molecular flexibility index (Phi) is 5.44. The lowest BCUT2D eigenvalue weighted by atomic mass is 10.2. The topological polar surface area (TPSA) is 78.4 Å². The fraction of sp³-hybridized carbons (Fsp3) is 0.714. The van der Waals surface area contributed by atoms with Crippen LogP contribution in [0.4, 0.5) is 0 Å². The molecule has 5 nitrogen and oxygen atoms in total. The second-order valence-electron chi connectivity index (χ2n) is 2.62. The van der Waals surface area contributed by atoms with Gasteiger partial charge in [-0.1, -0.05) is 0 Å². The van der Waals surface area contributed by atoms with Crippen LogP contribution in [0.3, 0.4) is 0 Å². The molecule has 0 fully saturated rings. The molecule has 0 aromatic heterocycles. The van der Waals surface area contributed by atoms with Crippen LogP contribution in [0, 0.1) is 0 Å². The van der Waals surface area contributed by atoms with Gasteiger partial charge in [-0.05, 0) is 13.8 Å². The van der Waals surface area contributed by atoms with Crippen LogP contribution in [-0.4, -0.2) is 35.9 Å². The Balaban J connectivity index is 3.72. The highest BCUT2D eigenvalue weighted by molar-refractivity contribution is 5.59. The molecule has 3 N–H and O–H groups in total. The third kappa shape index (κ3) is 4.17. The fourth-order valence-corrected chi connectivity index (χ4v) is 0.530. The van der Waals surface area contributed by atoms with Gasteiger partial charge in [-0.25, -0.2) is 10.9 Å². The molecule has 70 valence electrons. The van der Waals surface area contributed by atoms with Crippen molar-refractivity contribution in [3.63, 3.8) is 0 Å². The normalized spacial score (nSPS) is 17.9. The number of aliphatic hydroxyl groups excluding tert-OH is 1.